The van der Waals surface area contributed by atoms with Gasteiger partial charge in [0.15, 0.2) is 0 Å². The van der Waals surface area contributed by atoms with Gasteiger partial charge in [0.05, 0.1) is 7.11 Å². The first-order chi connectivity index (χ1) is 8.07. The second kappa shape index (κ2) is 4.57. The van der Waals surface area contributed by atoms with Gasteiger partial charge in [-0.15, -0.1) is 0 Å². The molecule has 0 spiro atoms. The first-order valence-electron chi connectivity index (χ1n) is 6.24. The van der Waals surface area contributed by atoms with Crippen LogP contribution in [0.1, 0.15) is 43.2 Å². The van der Waals surface area contributed by atoms with Crippen molar-refractivity contribution in [3.05, 3.63) is 23.3 Å². The Morgan fingerprint density at radius 3 is 2.47 bits per heavy atom. The van der Waals surface area contributed by atoms with Crippen LogP contribution in [0.5, 0.6) is 11.5 Å². The summed E-state index contributed by atoms with van der Waals surface area (Å²) in [5, 5.41) is 9.92. The molecular formula is C14H21NO2. The van der Waals surface area contributed by atoms with Crippen molar-refractivity contribution >= 4 is 0 Å². The van der Waals surface area contributed by atoms with Crippen molar-refractivity contribution in [2.75, 3.05) is 7.11 Å². The molecule has 0 bridgehead atoms. The van der Waals surface area contributed by atoms with E-state index in [1.54, 1.807) is 13.2 Å². The molecule has 1 aromatic carbocycles. The van der Waals surface area contributed by atoms with E-state index in [1.165, 1.54) is 6.42 Å². The van der Waals surface area contributed by atoms with Gasteiger partial charge in [-0.1, -0.05) is 19.3 Å². The standard InChI is InChI=1S/C14H21NO2/c1-10-12(16)8-11(9-13(10)17-2)14(15)6-4-3-5-7-14/h8-9,16H,3-7,15H2,1-2H3. The Bertz CT molecular complexity index is 409. The van der Waals surface area contributed by atoms with Crippen LogP contribution in [0.2, 0.25) is 0 Å². The number of benzene rings is 1. The van der Waals surface area contributed by atoms with Gasteiger partial charge in [0.25, 0.3) is 0 Å². The van der Waals surface area contributed by atoms with Crippen LogP contribution in [0.3, 0.4) is 0 Å². The lowest BCUT2D eigenvalue weighted by Gasteiger charge is -2.34. The number of aromatic hydroxyl groups is 1. The molecule has 1 fully saturated rings. The molecule has 0 radical (unpaired) electrons. The fourth-order valence-corrected chi connectivity index (χ4v) is 2.64. The van der Waals surface area contributed by atoms with Crippen LogP contribution < -0.4 is 10.5 Å². The maximum atomic E-state index is 9.92. The third kappa shape index (κ3) is 2.25. The van der Waals surface area contributed by atoms with Crippen LogP contribution in [0, 0.1) is 6.92 Å². The lowest BCUT2D eigenvalue weighted by molar-refractivity contribution is 0.299. The highest BCUT2D eigenvalue weighted by atomic mass is 16.5. The Hall–Kier alpha value is -1.22. The van der Waals surface area contributed by atoms with Gasteiger partial charge in [-0.3, -0.25) is 0 Å². The molecule has 3 heteroatoms. The van der Waals surface area contributed by atoms with Gasteiger partial charge in [-0.25, -0.2) is 0 Å². The molecule has 0 aromatic heterocycles. The Morgan fingerprint density at radius 2 is 1.88 bits per heavy atom. The minimum atomic E-state index is -0.295. The number of hydrogen-bond donors (Lipinski definition) is 2. The number of methoxy groups -OCH3 is 1. The molecule has 0 atom stereocenters. The molecule has 3 nitrogen and oxygen atoms in total. The molecule has 0 amide bonds. The monoisotopic (exact) mass is 235 g/mol. The highest BCUT2D eigenvalue weighted by Crippen LogP contribution is 2.39. The van der Waals surface area contributed by atoms with E-state index in [9.17, 15) is 5.11 Å². The fraction of sp³-hybridized carbons (Fsp3) is 0.571. The van der Waals surface area contributed by atoms with Crippen molar-refractivity contribution in [1.82, 2.24) is 0 Å². The zero-order valence-corrected chi connectivity index (χ0v) is 10.6. The summed E-state index contributed by atoms with van der Waals surface area (Å²) in [6.45, 7) is 1.85. The largest absolute Gasteiger partial charge is 0.508 e. The van der Waals surface area contributed by atoms with Crippen LogP contribution in [0.25, 0.3) is 0 Å². The maximum absolute atomic E-state index is 9.92. The van der Waals surface area contributed by atoms with Gasteiger partial charge in [0.1, 0.15) is 11.5 Å². The van der Waals surface area contributed by atoms with E-state index in [0.29, 0.717) is 0 Å². The van der Waals surface area contributed by atoms with Crippen LogP contribution in [-0.2, 0) is 5.54 Å². The van der Waals surface area contributed by atoms with E-state index in [0.717, 1.165) is 42.6 Å². The van der Waals surface area contributed by atoms with E-state index in [4.69, 9.17) is 10.5 Å². The van der Waals surface area contributed by atoms with Crippen LogP contribution in [0.15, 0.2) is 12.1 Å². The molecule has 0 unspecified atom stereocenters. The second-order valence-corrected chi connectivity index (χ2v) is 5.04. The molecule has 2 rings (SSSR count). The number of rotatable bonds is 2. The zero-order chi connectivity index (χ0) is 12.5. The van der Waals surface area contributed by atoms with Gasteiger partial charge in [0, 0.05) is 11.1 Å². The van der Waals surface area contributed by atoms with Crippen molar-refractivity contribution in [2.45, 2.75) is 44.6 Å². The van der Waals surface area contributed by atoms with Crippen molar-refractivity contribution in [3.63, 3.8) is 0 Å². The first kappa shape index (κ1) is 12.2. The van der Waals surface area contributed by atoms with Crippen LogP contribution in [0.4, 0.5) is 0 Å². The molecule has 1 aliphatic rings. The average Bonchev–Trinajstić information content (AvgIpc) is 2.33. The molecule has 17 heavy (non-hydrogen) atoms. The summed E-state index contributed by atoms with van der Waals surface area (Å²) in [6.07, 6.45) is 5.55. The Balaban J connectivity index is 2.41. The number of phenolic OH excluding ortho intramolecular Hbond substituents is 1. The van der Waals surface area contributed by atoms with Gasteiger partial charge >= 0.3 is 0 Å². The van der Waals surface area contributed by atoms with Gasteiger partial charge in [-0.05, 0) is 37.5 Å². The molecule has 0 saturated heterocycles. The molecule has 1 saturated carbocycles. The molecule has 1 aromatic rings. The van der Waals surface area contributed by atoms with E-state index in [-0.39, 0.29) is 11.3 Å². The molecule has 0 aliphatic heterocycles. The van der Waals surface area contributed by atoms with E-state index >= 15 is 0 Å². The van der Waals surface area contributed by atoms with Gasteiger partial charge in [0.2, 0.25) is 0 Å². The van der Waals surface area contributed by atoms with Crippen LogP contribution >= 0.6 is 0 Å². The molecule has 3 N–H and O–H groups in total. The van der Waals surface area contributed by atoms with Gasteiger partial charge in [-0.2, -0.15) is 0 Å². The molecular weight excluding hydrogens is 214 g/mol. The van der Waals surface area contributed by atoms with Crippen molar-refractivity contribution in [1.29, 1.82) is 0 Å². The smallest absolute Gasteiger partial charge is 0.125 e. The summed E-state index contributed by atoms with van der Waals surface area (Å²) >= 11 is 0. The highest BCUT2D eigenvalue weighted by Gasteiger charge is 2.30. The predicted molar refractivity (Wildman–Crippen MR) is 68.3 cm³/mol. The summed E-state index contributed by atoms with van der Waals surface area (Å²) in [4.78, 5) is 0. The lowest BCUT2D eigenvalue weighted by Crippen LogP contribution is -2.38. The quantitative estimate of drug-likeness (QED) is 0.828. The third-order valence-corrected chi connectivity index (χ3v) is 3.87. The molecule has 0 heterocycles. The summed E-state index contributed by atoms with van der Waals surface area (Å²) in [5.74, 6) is 0.991. The Kier molecular flexibility index (Phi) is 3.29. The number of nitrogens with two attached hydrogens (primary N) is 1. The normalized spacial score (nSPS) is 19.0. The van der Waals surface area contributed by atoms with Gasteiger partial charge < -0.3 is 15.6 Å². The topological polar surface area (TPSA) is 55.5 Å². The summed E-state index contributed by atoms with van der Waals surface area (Å²) in [5.41, 5.74) is 7.93. The van der Waals surface area contributed by atoms with E-state index in [2.05, 4.69) is 0 Å². The summed E-state index contributed by atoms with van der Waals surface area (Å²) < 4.78 is 5.29. The lowest BCUT2D eigenvalue weighted by atomic mass is 9.77. The first-order valence-corrected chi connectivity index (χ1v) is 6.24. The number of ether oxygens (including phenoxy) is 1. The number of hydrogen-bond acceptors (Lipinski definition) is 3. The molecule has 94 valence electrons. The second-order valence-electron chi connectivity index (χ2n) is 5.04. The summed E-state index contributed by atoms with van der Waals surface area (Å²) in [6, 6.07) is 3.77. The van der Waals surface area contributed by atoms with Crippen molar-refractivity contribution in [3.8, 4) is 11.5 Å². The number of phenols is 1. The Morgan fingerprint density at radius 1 is 1.24 bits per heavy atom. The van der Waals surface area contributed by atoms with Crippen molar-refractivity contribution < 1.29 is 9.84 Å². The zero-order valence-electron chi connectivity index (χ0n) is 10.6. The predicted octanol–water partition coefficient (Wildman–Crippen LogP) is 2.83. The van der Waals surface area contributed by atoms with E-state index < -0.39 is 0 Å². The minimum absolute atomic E-state index is 0.273. The fourth-order valence-electron chi connectivity index (χ4n) is 2.64. The SMILES string of the molecule is COc1cc(C2(N)CCCCC2)cc(O)c1C. The average molecular weight is 235 g/mol. The summed E-state index contributed by atoms with van der Waals surface area (Å²) in [7, 11) is 1.62. The third-order valence-electron chi connectivity index (χ3n) is 3.87. The Labute approximate surface area is 103 Å². The van der Waals surface area contributed by atoms with Crippen LogP contribution in [-0.4, -0.2) is 12.2 Å². The minimum Gasteiger partial charge on any atom is -0.508 e. The van der Waals surface area contributed by atoms with Crippen molar-refractivity contribution in [2.24, 2.45) is 5.73 Å². The highest BCUT2D eigenvalue weighted by molar-refractivity contribution is 5.48. The maximum Gasteiger partial charge on any atom is 0.125 e. The molecule has 1 aliphatic carbocycles. The van der Waals surface area contributed by atoms with E-state index in [1.807, 2.05) is 13.0 Å².